The third-order valence-corrected chi connectivity index (χ3v) is 3.76. The average molecular weight is 180 g/mol. The summed E-state index contributed by atoms with van der Waals surface area (Å²) in [5.74, 6) is 1.05. The largest absolute Gasteiger partial charge is 0.460 e. The van der Waals surface area contributed by atoms with Gasteiger partial charge >= 0.3 is 0 Å². The van der Waals surface area contributed by atoms with Crippen LogP contribution in [0.15, 0.2) is 4.42 Å². The molecule has 0 aliphatic heterocycles. The van der Waals surface area contributed by atoms with Gasteiger partial charge in [0.05, 0.1) is 4.70 Å². The molecule has 2 heteroatoms. The van der Waals surface area contributed by atoms with E-state index in [1.807, 2.05) is 18.3 Å². The van der Waals surface area contributed by atoms with Crippen LogP contribution in [0.1, 0.15) is 21.8 Å². The Morgan fingerprint density at radius 1 is 1.00 bits per heavy atom. The number of hydrogen-bond acceptors (Lipinski definition) is 2. The highest BCUT2D eigenvalue weighted by molar-refractivity contribution is 7.19. The molecule has 0 radical (unpaired) electrons. The first-order chi connectivity index (χ1) is 5.61. The van der Waals surface area contributed by atoms with E-state index >= 15 is 0 Å². The lowest BCUT2D eigenvalue weighted by atomic mass is 10.2. The molecule has 0 aliphatic rings. The second-order valence-corrected chi connectivity index (χ2v) is 4.45. The molecule has 0 atom stereocenters. The maximum Gasteiger partial charge on any atom is 0.148 e. The zero-order valence-electron chi connectivity index (χ0n) is 7.82. The van der Waals surface area contributed by atoms with Gasteiger partial charge in [-0.05, 0) is 27.7 Å². The van der Waals surface area contributed by atoms with Crippen LogP contribution in [0.25, 0.3) is 10.3 Å². The Labute approximate surface area is 76.0 Å². The highest BCUT2D eigenvalue weighted by Crippen LogP contribution is 2.35. The lowest BCUT2D eigenvalue weighted by Crippen LogP contribution is -1.68. The summed E-state index contributed by atoms with van der Waals surface area (Å²) in [6.45, 7) is 8.41. The van der Waals surface area contributed by atoms with Gasteiger partial charge in [-0.2, -0.15) is 0 Å². The third-order valence-electron chi connectivity index (χ3n) is 2.45. The normalized spacial score (nSPS) is 11.3. The molecule has 0 fully saturated rings. The second-order valence-electron chi connectivity index (χ2n) is 3.22. The van der Waals surface area contributed by atoms with Crippen molar-refractivity contribution >= 4 is 21.6 Å². The molecule has 0 spiro atoms. The van der Waals surface area contributed by atoms with Gasteiger partial charge in [-0.25, -0.2) is 0 Å². The van der Waals surface area contributed by atoms with Crippen LogP contribution in [0, 0.1) is 27.7 Å². The molecular weight excluding hydrogens is 168 g/mol. The smallest absolute Gasteiger partial charge is 0.148 e. The zero-order chi connectivity index (χ0) is 8.88. The van der Waals surface area contributed by atoms with Gasteiger partial charge in [0.1, 0.15) is 11.3 Å². The highest BCUT2D eigenvalue weighted by Gasteiger charge is 2.13. The lowest BCUT2D eigenvalue weighted by Gasteiger charge is -1.87. The maximum absolute atomic E-state index is 5.66. The fraction of sp³-hybridized carbons (Fsp3) is 0.400. The van der Waals surface area contributed by atoms with Crippen LogP contribution >= 0.6 is 11.3 Å². The summed E-state index contributed by atoms with van der Waals surface area (Å²) in [6.07, 6.45) is 0. The summed E-state index contributed by atoms with van der Waals surface area (Å²) in [5.41, 5.74) is 3.69. The predicted molar refractivity (Wildman–Crippen MR) is 53.0 cm³/mol. The number of furan rings is 1. The predicted octanol–water partition coefficient (Wildman–Crippen LogP) is 3.73. The van der Waals surface area contributed by atoms with Crippen LogP contribution in [-0.4, -0.2) is 0 Å². The second kappa shape index (κ2) is 2.36. The van der Waals surface area contributed by atoms with E-state index in [1.54, 1.807) is 0 Å². The lowest BCUT2D eigenvalue weighted by molar-refractivity contribution is 0.573. The summed E-state index contributed by atoms with van der Waals surface area (Å²) in [4.78, 5) is 1.37. The number of rotatable bonds is 0. The van der Waals surface area contributed by atoms with Gasteiger partial charge in [0.25, 0.3) is 0 Å². The van der Waals surface area contributed by atoms with Crippen molar-refractivity contribution in [2.24, 2.45) is 0 Å². The molecule has 2 aromatic rings. The van der Waals surface area contributed by atoms with Crippen molar-refractivity contribution in [1.29, 1.82) is 0 Å². The van der Waals surface area contributed by atoms with Gasteiger partial charge < -0.3 is 4.42 Å². The Morgan fingerprint density at radius 2 is 1.67 bits per heavy atom. The van der Waals surface area contributed by atoms with E-state index in [2.05, 4.69) is 20.8 Å². The fourth-order valence-electron chi connectivity index (χ4n) is 1.37. The molecule has 0 aromatic carbocycles. The molecule has 12 heavy (non-hydrogen) atoms. The molecule has 0 saturated carbocycles. The zero-order valence-corrected chi connectivity index (χ0v) is 8.63. The number of hydrogen-bond donors (Lipinski definition) is 0. The third kappa shape index (κ3) is 0.845. The van der Waals surface area contributed by atoms with Gasteiger partial charge in [-0.15, -0.1) is 11.3 Å². The van der Waals surface area contributed by atoms with E-state index in [0.29, 0.717) is 0 Å². The number of aryl methyl sites for hydroxylation is 4. The van der Waals surface area contributed by atoms with Gasteiger partial charge in [-0.1, -0.05) is 0 Å². The Kier molecular flexibility index (Phi) is 1.55. The first-order valence-electron chi connectivity index (χ1n) is 4.07. The monoisotopic (exact) mass is 180 g/mol. The quantitative estimate of drug-likeness (QED) is 0.602. The van der Waals surface area contributed by atoms with Crippen LogP contribution < -0.4 is 0 Å². The van der Waals surface area contributed by atoms with E-state index in [9.17, 15) is 0 Å². The molecule has 0 N–H and O–H groups in total. The van der Waals surface area contributed by atoms with Crippen molar-refractivity contribution in [3.63, 3.8) is 0 Å². The molecule has 2 rings (SSSR count). The molecule has 0 saturated heterocycles. The molecule has 0 amide bonds. The minimum Gasteiger partial charge on any atom is -0.460 e. The van der Waals surface area contributed by atoms with Crippen molar-refractivity contribution in [2.75, 3.05) is 0 Å². The summed E-state index contributed by atoms with van der Waals surface area (Å²) >= 11 is 1.83. The van der Waals surface area contributed by atoms with Crippen molar-refractivity contribution in [2.45, 2.75) is 27.7 Å². The van der Waals surface area contributed by atoms with Crippen LogP contribution in [-0.2, 0) is 0 Å². The standard InChI is InChI=1S/C10H12OS/c1-5-7(3)11-9-6(2)8(4)12-10(5)9/h1-4H3. The van der Waals surface area contributed by atoms with E-state index in [0.717, 1.165) is 11.3 Å². The van der Waals surface area contributed by atoms with E-state index < -0.39 is 0 Å². The first kappa shape index (κ1) is 7.87. The topological polar surface area (TPSA) is 13.1 Å². The van der Waals surface area contributed by atoms with E-state index in [-0.39, 0.29) is 0 Å². The molecular formula is C10H12OS. The average Bonchev–Trinajstić information content (AvgIpc) is 2.43. The SMILES string of the molecule is Cc1oc2c(C)c(C)sc2c1C. The summed E-state index contributed by atoms with van der Waals surface area (Å²) < 4.78 is 6.98. The molecule has 1 nitrogen and oxygen atoms in total. The van der Waals surface area contributed by atoms with Gasteiger partial charge in [-0.3, -0.25) is 0 Å². The minimum absolute atomic E-state index is 1.05. The molecule has 0 bridgehead atoms. The van der Waals surface area contributed by atoms with Gasteiger partial charge in [0.15, 0.2) is 0 Å². The molecule has 2 heterocycles. The van der Waals surface area contributed by atoms with Crippen molar-refractivity contribution in [3.8, 4) is 0 Å². The fourth-order valence-corrected chi connectivity index (χ4v) is 2.50. The van der Waals surface area contributed by atoms with Crippen molar-refractivity contribution in [3.05, 3.63) is 21.8 Å². The van der Waals surface area contributed by atoms with Crippen molar-refractivity contribution < 1.29 is 4.42 Å². The van der Waals surface area contributed by atoms with Crippen LogP contribution in [0.3, 0.4) is 0 Å². The Balaban J connectivity index is 2.93. The van der Waals surface area contributed by atoms with E-state index in [4.69, 9.17) is 4.42 Å². The summed E-state index contributed by atoms with van der Waals surface area (Å²) in [5, 5.41) is 0. The summed E-state index contributed by atoms with van der Waals surface area (Å²) in [6, 6.07) is 0. The number of fused-ring (bicyclic) bond motifs is 1. The maximum atomic E-state index is 5.66. The summed E-state index contributed by atoms with van der Waals surface area (Å²) in [7, 11) is 0. The van der Waals surface area contributed by atoms with Crippen LogP contribution in [0.4, 0.5) is 0 Å². The molecule has 64 valence electrons. The van der Waals surface area contributed by atoms with Crippen molar-refractivity contribution in [1.82, 2.24) is 0 Å². The van der Waals surface area contributed by atoms with Crippen LogP contribution in [0.5, 0.6) is 0 Å². The van der Waals surface area contributed by atoms with Gasteiger partial charge in [0, 0.05) is 16.0 Å². The molecule has 0 aliphatic carbocycles. The number of thiophene rings is 1. The molecule has 2 aromatic heterocycles. The van der Waals surface area contributed by atoms with Gasteiger partial charge in [0.2, 0.25) is 0 Å². The Hall–Kier alpha value is -0.760. The Bertz CT molecular complexity index is 392. The van der Waals surface area contributed by atoms with E-state index in [1.165, 1.54) is 20.7 Å². The Morgan fingerprint density at radius 3 is 2.25 bits per heavy atom. The van der Waals surface area contributed by atoms with Crippen LogP contribution in [0.2, 0.25) is 0 Å². The minimum atomic E-state index is 1.05. The first-order valence-corrected chi connectivity index (χ1v) is 4.88. The highest BCUT2D eigenvalue weighted by atomic mass is 32.1. The molecule has 0 unspecified atom stereocenters.